The lowest BCUT2D eigenvalue weighted by Gasteiger charge is -2.35. The van der Waals surface area contributed by atoms with Crippen molar-refractivity contribution in [1.29, 1.82) is 0 Å². The van der Waals surface area contributed by atoms with Crippen LogP contribution in [0.3, 0.4) is 0 Å². The average molecular weight is 426 g/mol. The van der Waals surface area contributed by atoms with Crippen LogP contribution in [0.15, 0.2) is 24.3 Å². The van der Waals surface area contributed by atoms with Gasteiger partial charge in [-0.2, -0.15) is 0 Å². The third kappa shape index (κ3) is 3.43. The highest BCUT2D eigenvalue weighted by molar-refractivity contribution is 7.18. The van der Waals surface area contributed by atoms with Crippen LogP contribution in [0.4, 0.5) is 0 Å². The number of para-hydroxylation sites is 1. The second-order valence-corrected chi connectivity index (χ2v) is 9.76. The van der Waals surface area contributed by atoms with Crippen LogP contribution in [-0.2, 0) is 14.4 Å². The van der Waals surface area contributed by atoms with Crippen LogP contribution in [0, 0.1) is 11.8 Å². The molecule has 7 heteroatoms. The van der Waals surface area contributed by atoms with Gasteiger partial charge in [-0.05, 0) is 44.2 Å². The van der Waals surface area contributed by atoms with Crippen LogP contribution >= 0.6 is 11.3 Å². The Morgan fingerprint density at radius 1 is 1.00 bits per heavy atom. The lowest BCUT2D eigenvalue weighted by molar-refractivity contribution is -0.141. The fourth-order valence-electron chi connectivity index (χ4n) is 5.32. The molecule has 158 valence electrons. The number of benzene rings is 1. The number of carbonyl (C=O) groups excluding carboxylic acids is 3. The van der Waals surface area contributed by atoms with Gasteiger partial charge in [0.25, 0.3) is 0 Å². The third-order valence-corrected chi connectivity index (χ3v) is 8.04. The zero-order chi connectivity index (χ0) is 20.7. The van der Waals surface area contributed by atoms with E-state index in [1.807, 2.05) is 23.1 Å². The second-order valence-electron chi connectivity index (χ2n) is 8.69. The third-order valence-electron chi connectivity index (χ3n) is 6.90. The summed E-state index contributed by atoms with van der Waals surface area (Å²) in [5.74, 6) is -0.383. The van der Waals surface area contributed by atoms with Crippen molar-refractivity contribution < 1.29 is 14.4 Å². The van der Waals surface area contributed by atoms with Crippen LogP contribution in [0.5, 0.6) is 0 Å². The topological polar surface area (TPSA) is 70.6 Å². The number of fused-ring (bicyclic) bond motifs is 2. The maximum Gasteiger partial charge on any atom is 0.233 e. The Morgan fingerprint density at radius 3 is 2.43 bits per heavy atom. The molecule has 0 bridgehead atoms. The molecule has 2 saturated heterocycles. The molecule has 0 spiro atoms. The Kier molecular flexibility index (Phi) is 5.31. The van der Waals surface area contributed by atoms with E-state index in [0.717, 1.165) is 60.2 Å². The molecule has 1 aromatic heterocycles. The van der Waals surface area contributed by atoms with Crippen molar-refractivity contribution in [2.75, 3.05) is 13.1 Å². The monoisotopic (exact) mass is 425 g/mol. The van der Waals surface area contributed by atoms with Gasteiger partial charge in [0.05, 0.1) is 28.1 Å². The number of amides is 3. The van der Waals surface area contributed by atoms with Gasteiger partial charge < -0.3 is 4.90 Å². The number of rotatable bonds is 4. The Bertz CT molecular complexity index is 930. The number of nitrogens with zero attached hydrogens (tertiary/aromatic N) is 3. The maximum absolute atomic E-state index is 13.1. The molecule has 3 atom stereocenters. The van der Waals surface area contributed by atoms with E-state index in [1.165, 1.54) is 4.90 Å². The van der Waals surface area contributed by atoms with Crippen molar-refractivity contribution in [3.8, 4) is 0 Å². The van der Waals surface area contributed by atoms with E-state index >= 15 is 0 Å². The molecule has 0 radical (unpaired) electrons. The predicted octanol–water partition coefficient (Wildman–Crippen LogP) is 3.92. The minimum atomic E-state index is -0.146. The summed E-state index contributed by atoms with van der Waals surface area (Å²) in [6.45, 7) is 0.930. The summed E-state index contributed by atoms with van der Waals surface area (Å²) < 4.78 is 1.14. The first-order chi connectivity index (χ1) is 14.6. The second kappa shape index (κ2) is 8.10. The maximum atomic E-state index is 13.1. The standard InChI is InChI=1S/C23H27N3O3S/c27-20(12-14-26-22(28)15-7-1-2-8-16(15)23(26)29)25-13-6-5-10-18(25)21-24-17-9-3-4-11-19(17)30-21/h3-4,9,11,15-16,18H,1-2,5-8,10,12-14H2. The summed E-state index contributed by atoms with van der Waals surface area (Å²) in [7, 11) is 0. The zero-order valence-electron chi connectivity index (χ0n) is 17.1. The van der Waals surface area contributed by atoms with Crippen LogP contribution in [-0.4, -0.2) is 45.6 Å². The van der Waals surface area contributed by atoms with Crippen molar-refractivity contribution >= 4 is 39.3 Å². The number of aromatic nitrogens is 1. The molecule has 1 aromatic carbocycles. The van der Waals surface area contributed by atoms with Gasteiger partial charge in [0.15, 0.2) is 0 Å². The first-order valence-electron chi connectivity index (χ1n) is 11.1. The SMILES string of the molecule is O=C1C2CCCCC2C(=O)N1CCC(=O)N1CCCCC1c1nc2ccccc2s1. The molecule has 2 aliphatic heterocycles. The molecule has 0 N–H and O–H groups in total. The van der Waals surface area contributed by atoms with Gasteiger partial charge in [0.1, 0.15) is 5.01 Å². The number of likely N-dealkylation sites (tertiary alicyclic amines) is 2. The first-order valence-corrected chi connectivity index (χ1v) is 12.0. The molecule has 1 saturated carbocycles. The van der Waals surface area contributed by atoms with Crippen molar-refractivity contribution in [3.63, 3.8) is 0 Å². The Labute approximate surface area is 180 Å². The van der Waals surface area contributed by atoms with Gasteiger partial charge >= 0.3 is 0 Å². The summed E-state index contributed by atoms with van der Waals surface area (Å²) in [6.07, 6.45) is 6.84. The Balaban J connectivity index is 1.28. The number of carbonyl (C=O) groups is 3. The van der Waals surface area contributed by atoms with E-state index in [9.17, 15) is 14.4 Å². The molecule has 30 heavy (non-hydrogen) atoms. The van der Waals surface area contributed by atoms with Gasteiger partial charge in [-0.25, -0.2) is 4.98 Å². The predicted molar refractivity (Wildman–Crippen MR) is 115 cm³/mol. The quantitative estimate of drug-likeness (QED) is 0.696. The number of piperidine rings is 1. The van der Waals surface area contributed by atoms with Crippen LogP contribution in [0.1, 0.15) is 62.4 Å². The normalized spacial score (nSPS) is 27.0. The molecule has 3 heterocycles. The fourth-order valence-corrected chi connectivity index (χ4v) is 6.44. The van der Waals surface area contributed by atoms with Crippen LogP contribution in [0.2, 0.25) is 0 Å². The highest BCUT2D eigenvalue weighted by Crippen LogP contribution is 2.39. The largest absolute Gasteiger partial charge is 0.333 e. The van der Waals surface area contributed by atoms with Gasteiger partial charge in [-0.15, -0.1) is 11.3 Å². The fraction of sp³-hybridized carbons (Fsp3) is 0.565. The van der Waals surface area contributed by atoms with E-state index in [0.29, 0.717) is 6.54 Å². The zero-order valence-corrected chi connectivity index (χ0v) is 17.9. The molecule has 3 aliphatic rings. The van der Waals surface area contributed by atoms with Gasteiger partial charge in [-0.3, -0.25) is 19.3 Å². The molecule has 6 nitrogen and oxygen atoms in total. The molecule has 2 aromatic rings. The summed E-state index contributed by atoms with van der Waals surface area (Å²) in [4.78, 5) is 46.6. The van der Waals surface area contributed by atoms with E-state index in [1.54, 1.807) is 11.3 Å². The lowest BCUT2D eigenvalue weighted by Crippen LogP contribution is -2.41. The molecular weight excluding hydrogens is 398 g/mol. The summed E-state index contributed by atoms with van der Waals surface area (Å²) >= 11 is 1.66. The highest BCUT2D eigenvalue weighted by Gasteiger charge is 2.48. The summed E-state index contributed by atoms with van der Waals surface area (Å²) in [6, 6.07) is 8.06. The van der Waals surface area contributed by atoms with Crippen molar-refractivity contribution in [2.24, 2.45) is 11.8 Å². The lowest BCUT2D eigenvalue weighted by atomic mass is 9.81. The van der Waals surface area contributed by atoms with E-state index in [2.05, 4.69) is 6.07 Å². The van der Waals surface area contributed by atoms with Gasteiger partial charge in [0.2, 0.25) is 17.7 Å². The minimum absolute atomic E-state index is 0.00351. The number of hydrogen-bond donors (Lipinski definition) is 0. The molecule has 3 amide bonds. The molecular formula is C23H27N3O3S. The van der Waals surface area contributed by atoms with Crippen molar-refractivity contribution in [2.45, 2.75) is 57.4 Å². The Hall–Kier alpha value is -2.28. The first kappa shape index (κ1) is 19.7. The minimum Gasteiger partial charge on any atom is -0.333 e. The van der Waals surface area contributed by atoms with E-state index in [-0.39, 0.29) is 48.6 Å². The average Bonchev–Trinajstić information content (AvgIpc) is 3.32. The van der Waals surface area contributed by atoms with Gasteiger partial charge in [0, 0.05) is 19.5 Å². The number of thiazole rings is 1. The Morgan fingerprint density at radius 2 is 1.70 bits per heavy atom. The van der Waals surface area contributed by atoms with Crippen LogP contribution < -0.4 is 0 Å². The van der Waals surface area contributed by atoms with Crippen molar-refractivity contribution in [1.82, 2.24) is 14.8 Å². The van der Waals surface area contributed by atoms with E-state index < -0.39 is 0 Å². The van der Waals surface area contributed by atoms with Crippen molar-refractivity contribution in [3.05, 3.63) is 29.3 Å². The van der Waals surface area contributed by atoms with Crippen LogP contribution in [0.25, 0.3) is 10.2 Å². The van der Waals surface area contributed by atoms with Gasteiger partial charge in [-0.1, -0.05) is 25.0 Å². The number of hydrogen-bond acceptors (Lipinski definition) is 5. The molecule has 3 fully saturated rings. The molecule has 5 rings (SSSR count). The van der Waals surface area contributed by atoms with E-state index in [4.69, 9.17) is 4.98 Å². The smallest absolute Gasteiger partial charge is 0.233 e. The summed E-state index contributed by atoms with van der Waals surface area (Å²) in [5.41, 5.74) is 0.978. The number of imide groups is 1. The molecule has 3 unspecified atom stereocenters. The molecule has 1 aliphatic carbocycles. The summed E-state index contributed by atoms with van der Waals surface area (Å²) in [5, 5.41) is 0.989. The highest BCUT2D eigenvalue weighted by atomic mass is 32.1.